The molecule has 0 amide bonds. The van der Waals surface area contributed by atoms with Crippen molar-refractivity contribution in [3.63, 3.8) is 0 Å². The van der Waals surface area contributed by atoms with Crippen LogP contribution in [0.1, 0.15) is 20.8 Å². The Hall–Kier alpha value is -0.803. The van der Waals surface area contributed by atoms with Gasteiger partial charge in [-0.3, -0.25) is 0 Å². The van der Waals surface area contributed by atoms with E-state index in [1.165, 1.54) is 0 Å². The van der Waals surface area contributed by atoms with Crippen molar-refractivity contribution in [2.24, 2.45) is 0 Å². The van der Waals surface area contributed by atoms with Gasteiger partial charge in [0.1, 0.15) is 18.9 Å². The molecule has 0 bridgehead atoms. The number of hydrogen-bond donors (Lipinski definition) is 0. The molecule has 0 saturated heterocycles. The van der Waals surface area contributed by atoms with Gasteiger partial charge in [-0.2, -0.15) is 0 Å². The highest BCUT2D eigenvalue weighted by atomic mass is 28.4. The van der Waals surface area contributed by atoms with Crippen LogP contribution in [-0.2, 0) is 27.5 Å². The van der Waals surface area contributed by atoms with Gasteiger partial charge in [-0.1, -0.05) is 30.3 Å². The van der Waals surface area contributed by atoms with Crippen LogP contribution in [0, 0.1) is 0 Å². The number of ether oxygens (including phenoxy) is 3. The molecule has 126 valence electrons. The summed E-state index contributed by atoms with van der Waals surface area (Å²) in [4.78, 5) is 0. The molecule has 1 rings (SSSR count). The lowest BCUT2D eigenvalue weighted by Crippen LogP contribution is -2.61. The third kappa shape index (κ3) is 5.44. The van der Waals surface area contributed by atoms with Crippen LogP contribution in [0.3, 0.4) is 0 Å². The van der Waals surface area contributed by atoms with E-state index in [4.69, 9.17) is 27.5 Å². The molecule has 0 aliphatic rings. The molecule has 0 aliphatic heterocycles. The number of methoxy groups -OCH3 is 3. The molecule has 0 unspecified atom stereocenters. The van der Waals surface area contributed by atoms with Crippen LogP contribution in [0.2, 0.25) is 0 Å². The first kappa shape index (κ1) is 19.2. The molecular formula is C15H26O6Si. The van der Waals surface area contributed by atoms with E-state index < -0.39 is 27.7 Å². The maximum absolute atomic E-state index is 6.03. The molecule has 0 saturated carbocycles. The first-order valence-electron chi connectivity index (χ1n) is 7.14. The molecule has 0 spiro atoms. The molecule has 0 aromatic heterocycles. The van der Waals surface area contributed by atoms with Gasteiger partial charge in [0.15, 0.2) is 0 Å². The van der Waals surface area contributed by atoms with Crippen molar-refractivity contribution in [1.29, 1.82) is 0 Å². The molecule has 22 heavy (non-hydrogen) atoms. The predicted molar refractivity (Wildman–Crippen MR) is 84.5 cm³/mol. The molecular weight excluding hydrogens is 304 g/mol. The van der Waals surface area contributed by atoms with Crippen molar-refractivity contribution in [1.82, 2.24) is 0 Å². The average Bonchev–Trinajstić information content (AvgIpc) is 2.54. The molecule has 6 nitrogen and oxygen atoms in total. The topological polar surface area (TPSA) is 55.4 Å². The van der Waals surface area contributed by atoms with Gasteiger partial charge in [0.2, 0.25) is 0 Å². The van der Waals surface area contributed by atoms with E-state index in [1.54, 1.807) is 42.1 Å². The fourth-order valence-corrected chi connectivity index (χ4v) is 4.50. The second-order valence-corrected chi connectivity index (χ2v) is 7.08. The third-order valence-electron chi connectivity index (χ3n) is 3.09. The Bertz CT molecular complexity index is 384. The third-order valence-corrected chi connectivity index (χ3v) is 6.05. The van der Waals surface area contributed by atoms with Crippen LogP contribution in [0.25, 0.3) is 0 Å². The first-order chi connectivity index (χ1) is 10.5. The minimum absolute atomic E-state index is 0.500. The van der Waals surface area contributed by atoms with E-state index >= 15 is 0 Å². The first-order valence-corrected chi connectivity index (χ1v) is 8.87. The molecule has 7 heteroatoms. The Labute approximate surface area is 133 Å². The molecule has 0 radical (unpaired) electrons. The highest BCUT2D eigenvalue weighted by molar-refractivity contribution is 6.75. The quantitative estimate of drug-likeness (QED) is 0.482. The van der Waals surface area contributed by atoms with Gasteiger partial charge in [-0.25, -0.2) is 0 Å². The van der Waals surface area contributed by atoms with E-state index in [9.17, 15) is 0 Å². The average molecular weight is 330 g/mol. The minimum atomic E-state index is -3.30. The molecule has 3 atom stereocenters. The lowest BCUT2D eigenvalue weighted by molar-refractivity contribution is -0.157. The molecule has 0 heterocycles. The number of benzene rings is 1. The Morgan fingerprint density at radius 3 is 1.36 bits per heavy atom. The summed E-state index contributed by atoms with van der Waals surface area (Å²) in [7, 11) is 1.39. The molecule has 0 aliphatic carbocycles. The zero-order valence-electron chi connectivity index (χ0n) is 14.1. The van der Waals surface area contributed by atoms with E-state index in [2.05, 4.69) is 0 Å². The van der Waals surface area contributed by atoms with Gasteiger partial charge in [0.25, 0.3) is 0 Å². The molecule has 1 aromatic rings. The van der Waals surface area contributed by atoms with Crippen LogP contribution in [0.15, 0.2) is 30.3 Å². The summed E-state index contributed by atoms with van der Waals surface area (Å²) in [6.45, 7) is 5.35. The van der Waals surface area contributed by atoms with Crippen LogP contribution >= 0.6 is 0 Å². The number of hydrogen-bond acceptors (Lipinski definition) is 6. The highest BCUT2D eigenvalue weighted by Gasteiger charge is 2.48. The van der Waals surface area contributed by atoms with Gasteiger partial charge in [-0.15, -0.1) is 0 Å². The summed E-state index contributed by atoms with van der Waals surface area (Å²) < 4.78 is 33.8. The maximum Gasteiger partial charge on any atom is 0.543 e. The maximum atomic E-state index is 6.03. The number of rotatable bonds is 10. The second-order valence-electron chi connectivity index (χ2n) is 4.69. The standard InChI is InChI=1S/C15H26O6Si/c1-12(16-4)19-22(20-13(2)17-5,21-14(3)18-6)15-10-8-7-9-11-15/h7-14H,1-6H3/t12-,13-,14-/m0/s1. The largest absolute Gasteiger partial charge is 0.543 e. The molecule has 0 fully saturated rings. The van der Waals surface area contributed by atoms with E-state index in [0.717, 1.165) is 5.19 Å². The van der Waals surface area contributed by atoms with E-state index in [0.29, 0.717) is 0 Å². The monoisotopic (exact) mass is 330 g/mol. The smallest absolute Gasteiger partial charge is 0.357 e. The van der Waals surface area contributed by atoms with Crippen molar-refractivity contribution < 1.29 is 27.5 Å². The van der Waals surface area contributed by atoms with E-state index in [-0.39, 0.29) is 0 Å². The summed E-state index contributed by atoms with van der Waals surface area (Å²) in [5.74, 6) is 0. The Kier molecular flexibility index (Phi) is 8.19. The summed E-state index contributed by atoms with van der Waals surface area (Å²) in [5, 5.41) is 0.812. The van der Waals surface area contributed by atoms with E-state index in [1.807, 2.05) is 30.3 Å². The second kappa shape index (κ2) is 9.36. The SMILES string of the molecule is CO[C@H](C)O[Si](O[C@@H](C)OC)(O[C@@H](C)OC)c1ccccc1. The Morgan fingerprint density at radius 2 is 1.05 bits per heavy atom. The normalized spacial score (nSPS) is 16.3. The van der Waals surface area contributed by atoms with Crippen LogP contribution in [0.5, 0.6) is 0 Å². The summed E-state index contributed by atoms with van der Waals surface area (Å²) in [6, 6.07) is 9.53. The van der Waals surface area contributed by atoms with Crippen molar-refractivity contribution in [2.75, 3.05) is 21.3 Å². The Morgan fingerprint density at radius 1 is 0.682 bits per heavy atom. The van der Waals surface area contributed by atoms with Gasteiger partial charge in [-0.05, 0) is 20.8 Å². The van der Waals surface area contributed by atoms with Crippen LogP contribution in [-0.4, -0.2) is 49.0 Å². The van der Waals surface area contributed by atoms with Crippen molar-refractivity contribution >= 4 is 14.0 Å². The van der Waals surface area contributed by atoms with Gasteiger partial charge in [0, 0.05) is 26.5 Å². The van der Waals surface area contributed by atoms with Crippen LogP contribution < -0.4 is 5.19 Å². The summed E-state index contributed by atoms with van der Waals surface area (Å²) in [5.41, 5.74) is 0. The molecule has 0 N–H and O–H groups in total. The lowest BCUT2D eigenvalue weighted by atomic mass is 10.4. The van der Waals surface area contributed by atoms with Crippen LogP contribution in [0.4, 0.5) is 0 Å². The van der Waals surface area contributed by atoms with Crippen molar-refractivity contribution in [3.05, 3.63) is 30.3 Å². The van der Waals surface area contributed by atoms with Gasteiger partial charge >= 0.3 is 8.80 Å². The van der Waals surface area contributed by atoms with Gasteiger partial charge in [0.05, 0.1) is 0 Å². The Balaban J connectivity index is 3.21. The molecule has 1 aromatic carbocycles. The predicted octanol–water partition coefficient (Wildman–Crippen LogP) is 1.86. The lowest BCUT2D eigenvalue weighted by Gasteiger charge is -2.35. The minimum Gasteiger partial charge on any atom is -0.357 e. The zero-order chi connectivity index (χ0) is 16.6. The van der Waals surface area contributed by atoms with Crippen molar-refractivity contribution in [3.8, 4) is 0 Å². The highest BCUT2D eigenvalue weighted by Crippen LogP contribution is 2.19. The zero-order valence-corrected chi connectivity index (χ0v) is 15.1. The summed E-state index contributed by atoms with van der Waals surface area (Å²) >= 11 is 0. The fourth-order valence-electron chi connectivity index (χ4n) is 1.73. The van der Waals surface area contributed by atoms with Gasteiger partial charge < -0.3 is 27.5 Å². The summed E-state index contributed by atoms with van der Waals surface area (Å²) in [6.07, 6.45) is -1.50. The van der Waals surface area contributed by atoms with Crippen molar-refractivity contribution in [2.45, 2.75) is 39.6 Å². The fraction of sp³-hybridized carbons (Fsp3) is 0.600.